The van der Waals surface area contributed by atoms with E-state index in [1.165, 1.54) is 0 Å². The van der Waals surface area contributed by atoms with Gasteiger partial charge in [-0.2, -0.15) is 0 Å². The molecule has 0 amide bonds. The Morgan fingerprint density at radius 2 is 0.964 bits per heavy atom. The SMILES string of the molecule is CC(CC(=O)OCCC(C)CC(C)(C)C)CC(=O)OCCC(C)CC(C)(C)C. The number of ether oxygens (including phenoxy) is 2. The van der Waals surface area contributed by atoms with E-state index >= 15 is 0 Å². The third kappa shape index (κ3) is 17.1. The minimum absolute atomic E-state index is 0.0565. The van der Waals surface area contributed by atoms with Gasteiger partial charge in [0.05, 0.1) is 13.2 Å². The molecular weight excluding hydrogens is 352 g/mol. The fourth-order valence-corrected chi connectivity index (χ4v) is 3.80. The molecule has 0 rings (SSSR count). The molecule has 0 radical (unpaired) electrons. The van der Waals surface area contributed by atoms with E-state index in [9.17, 15) is 9.59 Å². The molecule has 0 aliphatic carbocycles. The van der Waals surface area contributed by atoms with Crippen molar-refractivity contribution in [2.75, 3.05) is 13.2 Å². The Morgan fingerprint density at radius 1 is 0.643 bits per heavy atom. The number of rotatable bonds is 12. The highest BCUT2D eigenvalue weighted by Gasteiger charge is 2.19. The molecule has 0 aliphatic rings. The van der Waals surface area contributed by atoms with Gasteiger partial charge < -0.3 is 9.47 Å². The Morgan fingerprint density at radius 3 is 1.25 bits per heavy atom. The van der Waals surface area contributed by atoms with E-state index in [2.05, 4.69) is 55.4 Å². The van der Waals surface area contributed by atoms with E-state index in [4.69, 9.17) is 9.47 Å². The third-order valence-corrected chi connectivity index (χ3v) is 4.70. The van der Waals surface area contributed by atoms with Crippen LogP contribution in [0.5, 0.6) is 0 Å². The lowest BCUT2D eigenvalue weighted by molar-refractivity contribution is -0.147. The molecule has 0 fully saturated rings. The molecule has 2 unspecified atom stereocenters. The Bertz CT molecular complexity index is 414. The average Bonchev–Trinajstić information content (AvgIpc) is 2.42. The van der Waals surface area contributed by atoms with Gasteiger partial charge in [-0.3, -0.25) is 9.59 Å². The first kappa shape index (κ1) is 26.9. The van der Waals surface area contributed by atoms with E-state index in [-0.39, 0.29) is 30.7 Å². The van der Waals surface area contributed by atoms with Crippen molar-refractivity contribution in [3.05, 3.63) is 0 Å². The van der Waals surface area contributed by atoms with Crippen molar-refractivity contribution < 1.29 is 19.1 Å². The zero-order valence-electron chi connectivity index (χ0n) is 20.0. The Hall–Kier alpha value is -1.06. The molecule has 4 heteroatoms. The van der Waals surface area contributed by atoms with E-state index in [0.29, 0.717) is 35.9 Å². The molecule has 4 nitrogen and oxygen atoms in total. The molecule has 28 heavy (non-hydrogen) atoms. The Kier molecular flexibility index (Phi) is 12.0. The number of hydrogen-bond acceptors (Lipinski definition) is 4. The molecule has 0 aromatic heterocycles. The van der Waals surface area contributed by atoms with Crippen LogP contribution in [-0.2, 0) is 19.1 Å². The van der Waals surface area contributed by atoms with Crippen molar-refractivity contribution in [3.8, 4) is 0 Å². The summed E-state index contributed by atoms with van der Waals surface area (Å²) in [4.78, 5) is 23.9. The van der Waals surface area contributed by atoms with E-state index in [1.54, 1.807) is 0 Å². The van der Waals surface area contributed by atoms with Crippen molar-refractivity contribution in [1.29, 1.82) is 0 Å². The van der Waals surface area contributed by atoms with Crippen LogP contribution in [0.2, 0.25) is 0 Å². The first-order valence-electron chi connectivity index (χ1n) is 11.0. The molecule has 0 saturated heterocycles. The van der Waals surface area contributed by atoms with Crippen LogP contribution in [0.4, 0.5) is 0 Å². The predicted molar refractivity (Wildman–Crippen MR) is 116 cm³/mol. The van der Waals surface area contributed by atoms with Gasteiger partial charge in [0, 0.05) is 12.8 Å². The summed E-state index contributed by atoms with van der Waals surface area (Å²) in [7, 11) is 0. The standard InChI is InChI=1S/C24H46O4/c1-18(16-23(4,5)6)10-12-27-21(25)14-20(3)15-22(26)28-13-11-19(2)17-24(7,8)9/h18-20H,10-17H2,1-9H3. The second-order valence-electron chi connectivity index (χ2n) is 11.3. The minimum atomic E-state index is -0.220. The summed E-state index contributed by atoms with van der Waals surface area (Å²) in [6, 6.07) is 0. The van der Waals surface area contributed by atoms with Crippen molar-refractivity contribution in [2.45, 2.75) is 101 Å². The van der Waals surface area contributed by atoms with E-state index < -0.39 is 0 Å². The summed E-state index contributed by atoms with van der Waals surface area (Å²) in [6.45, 7) is 20.5. The van der Waals surface area contributed by atoms with Crippen LogP contribution >= 0.6 is 0 Å². The van der Waals surface area contributed by atoms with Crippen LogP contribution in [0.15, 0.2) is 0 Å². The lowest BCUT2D eigenvalue weighted by Gasteiger charge is -2.23. The fraction of sp³-hybridized carbons (Fsp3) is 0.917. The lowest BCUT2D eigenvalue weighted by atomic mass is 9.84. The van der Waals surface area contributed by atoms with Crippen LogP contribution in [0, 0.1) is 28.6 Å². The summed E-state index contributed by atoms with van der Waals surface area (Å²) in [5, 5.41) is 0. The highest BCUT2D eigenvalue weighted by molar-refractivity contribution is 5.73. The van der Waals surface area contributed by atoms with Gasteiger partial charge in [0.1, 0.15) is 0 Å². The summed E-state index contributed by atoms with van der Waals surface area (Å²) in [5.41, 5.74) is 0.589. The Balaban J connectivity index is 3.93. The van der Waals surface area contributed by atoms with Crippen LogP contribution in [0.3, 0.4) is 0 Å². The zero-order valence-corrected chi connectivity index (χ0v) is 20.0. The highest BCUT2D eigenvalue weighted by Crippen LogP contribution is 2.26. The van der Waals surface area contributed by atoms with E-state index in [0.717, 1.165) is 25.7 Å². The largest absolute Gasteiger partial charge is 0.466 e. The van der Waals surface area contributed by atoms with Crippen LogP contribution < -0.4 is 0 Å². The third-order valence-electron chi connectivity index (χ3n) is 4.70. The van der Waals surface area contributed by atoms with Gasteiger partial charge in [-0.05, 0) is 54.3 Å². The molecule has 0 bridgehead atoms. The first-order valence-corrected chi connectivity index (χ1v) is 11.0. The van der Waals surface area contributed by atoms with E-state index in [1.807, 2.05) is 6.92 Å². The monoisotopic (exact) mass is 398 g/mol. The van der Waals surface area contributed by atoms with Gasteiger partial charge in [0.2, 0.25) is 0 Å². The van der Waals surface area contributed by atoms with Gasteiger partial charge in [0.15, 0.2) is 0 Å². The molecule has 0 spiro atoms. The number of carbonyl (C=O) groups excluding carboxylic acids is 2. The van der Waals surface area contributed by atoms with Crippen molar-refractivity contribution in [1.82, 2.24) is 0 Å². The average molecular weight is 399 g/mol. The molecule has 0 aromatic carbocycles. The number of carbonyl (C=O) groups is 2. The molecule has 0 N–H and O–H groups in total. The summed E-state index contributed by atoms with van der Waals surface area (Å²) < 4.78 is 10.7. The maximum Gasteiger partial charge on any atom is 0.306 e. The topological polar surface area (TPSA) is 52.6 Å². The van der Waals surface area contributed by atoms with Crippen molar-refractivity contribution in [3.63, 3.8) is 0 Å². The fourth-order valence-electron chi connectivity index (χ4n) is 3.80. The summed E-state index contributed by atoms with van der Waals surface area (Å²) >= 11 is 0. The molecule has 0 aliphatic heterocycles. The highest BCUT2D eigenvalue weighted by atomic mass is 16.5. The minimum Gasteiger partial charge on any atom is -0.466 e. The second kappa shape index (κ2) is 12.5. The Labute approximate surface area is 174 Å². The smallest absolute Gasteiger partial charge is 0.306 e. The van der Waals surface area contributed by atoms with Gasteiger partial charge in [-0.25, -0.2) is 0 Å². The molecular formula is C24H46O4. The summed E-state index contributed by atoms with van der Waals surface area (Å²) in [6.07, 6.45) is 4.52. The van der Waals surface area contributed by atoms with Gasteiger partial charge in [-0.15, -0.1) is 0 Å². The molecule has 0 heterocycles. The normalized spacial score (nSPS) is 15.6. The molecule has 0 saturated carbocycles. The van der Waals surface area contributed by atoms with Crippen molar-refractivity contribution >= 4 is 11.9 Å². The van der Waals surface area contributed by atoms with Crippen LogP contribution in [0.25, 0.3) is 0 Å². The van der Waals surface area contributed by atoms with Crippen molar-refractivity contribution in [2.24, 2.45) is 28.6 Å². The maximum atomic E-state index is 12.0. The van der Waals surface area contributed by atoms with Gasteiger partial charge in [-0.1, -0.05) is 62.3 Å². The van der Waals surface area contributed by atoms with Gasteiger partial charge >= 0.3 is 11.9 Å². The molecule has 2 atom stereocenters. The van der Waals surface area contributed by atoms with Crippen LogP contribution in [-0.4, -0.2) is 25.2 Å². The zero-order chi connectivity index (χ0) is 22.0. The maximum absolute atomic E-state index is 12.0. The van der Waals surface area contributed by atoms with Gasteiger partial charge in [0.25, 0.3) is 0 Å². The quantitative estimate of drug-likeness (QED) is 0.356. The first-order chi connectivity index (χ1) is 12.7. The summed E-state index contributed by atoms with van der Waals surface area (Å²) in [5.74, 6) is 0.560. The molecule has 166 valence electrons. The lowest BCUT2D eigenvalue weighted by Crippen LogP contribution is -2.18. The van der Waals surface area contributed by atoms with Crippen LogP contribution in [0.1, 0.15) is 101 Å². The molecule has 0 aromatic rings. The second-order valence-corrected chi connectivity index (χ2v) is 11.3. The number of esters is 2. The number of hydrogen-bond donors (Lipinski definition) is 0. The predicted octanol–water partition coefficient (Wildman–Crippen LogP) is 6.41.